The van der Waals surface area contributed by atoms with E-state index in [1.54, 1.807) is 24.3 Å². The van der Waals surface area contributed by atoms with Gasteiger partial charge in [0, 0.05) is 22.0 Å². The summed E-state index contributed by atoms with van der Waals surface area (Å²) in [5, 5.41) is 5.37. The second-order valence-electron chi connectivity index (χ2n) is 5.46. The van der Waals surface area contributed by atoms with E-state index in [1.807, 2.05) is 0 Å². The number of nitrogens with one attached hydrogen (secondary N) is 2. The van der Waals surface area contributed by atoms with Crippen molar-refractivity contribution in [2.24, 2.45) is 0 Å². The van der Waals surface area contributed by atoms with Crippen LogP contribution in [0.25, 0.3) is 0 Å². The molecule has 0 saturated heterocycles. The minimum atomic E-state index is -1.01. The molecule has 0 fully saturated rings. The van der Waals surface area contributed by atoms with Crippen LogP contribution in [0.15, 0.2) is 46.9 Å². The van der Waals surface area contributed by atoms with Gasteiger partial charge in [0.25, 0.3) is 0 Å². The van der Waals surface area contributed by atoms with Gasteiger partial charge in [0.05, 0.1) is 0 Å². The number of amides is 2. The Bertz CT molecular complexity index is 882. The lowest BCUT2D eigenvalue weighted by molar-refractivity contribution is -0.128. The van der Waals surface area contributed by atoms with Crippen LogP contribution in [-0.2, 0) is 9.59 Å². The number of carbonyl (C=O) groups is 2. The molecule has 2 amide bonds. The van der Waals surface area contributed by atoms with Crippen molar-refractivity contribution in [2.75, 3.05) is 0 Å². The normalized spacial score (nSPS) is 12.6. The molecule has 0 bridgehead atoms. The fraction of sp³-hybridized carbons (Fsp3) is 0.158. The summed E-state index contributed by atoms with van der Waals surface area (Å²) in [4.78, 5) is 24.2. The van der Waals surface area contributed by atoms with Crippen LogP contribution >= 0.6 is 27.5 Å². The number of rotatable bonds is 5. The van der Waals surface area contributed by atoms with Gasteiger partial charge in [-0.25, -0.2) is 4.39 Å². The summed E-state index contributed by atoms with van der Waals surface area (Å²) in [7, 11) is 0. The number of benzene rings is 2. The first-order chi connectivity index (χ1) is 12.3. The molecule has 2 N–H and O–H groups in total. The summed E-state index contributed by atoms with van der Waals surface area (Å²) in [6.07, 6.45) is 5.47. The number of hydrogen-bond donors (Lipinski definition) is 2. The standard InChI is InChI=1S/C19H15BrClFN2O2/c1-3-17(15-8-7-14(21)10-16(15)22)24-19(26)18(23-11(2)25)12-5-4-6-13(20)9-12/h1,4-10,17-18H,2H3,(H,23,25)(H,24,26). The van der Waals surface area contributed by atoms with Gasteiger partial charge in [-0.15, -0.1) is 6.42 Å². The predicted molar refractivity (Wildman–Crippen MR) is 102 cm³/mol. The van der Waals surface area contributed by atoms with Crippen LogP contribution < -0.4 is 10.6 Å². The Hall–Kier alpha value is -2.36. The third-order valence-corrected chi connectivity index (χ3v) is 4.25. The minimum Gasteiger partial charge on any atom is -0.341 e. The molecule has 0 radical (unpaired) electrons. The smallest absolute Gasteiger partial charge is 0.248 e. The van der Waals surface area contributed by atoms with Gasteiger partial charge < -0.3 is 10.6 Å². The fourth-order valence-corrected chi connectivity index (χ4v) is 2.94. The molecule has 134 valence electrons. The molecule has 4 nitrogen and oxygen atoms in total. The molecule has 0 spiro atoms. The van der Waals surface area contributed by atoms with Crippen LogP contribution in [0, 0.1) is 18.2 Å². The monoisotopic (exact) mass is 436 g/mol. The highest BCUT2D eigenvalue weighted by Gasteiger charge is 2.25. The van der Waals surface area contributed by atoms with Crippen LogP contribution in [0.2, 0.25) is 5.02 Å². The zero-order valence-corrected chi connectivity index (χ0v) is 16.1. The van der Waals surface area contributed by atoms with E-state index in [4.69, 9.17) is 18.0 Å². The second kappa shape index (κ2) is 8.84. The molecular formula is C19H15BrClFN2O2. The van der Waals surface area contributed by atoms with E-state index in [0.717, 1.165) is 10.5 Å². The molecule has 2 aromatic carbocycles. The SMILES string of the molecule is C#CC(NC(=O)C(NC(C)=O)c1cccc(Br)c1)c1ccc(Cl)cc1F. The van der Waals surface area contributed by atoms with Crippen LogP contribution in [0.5, 0.6) is 0 Å². The van der Waals surface area contributed by atoms with Gasteiger partial charge >= 0.3 is 0 Å². The summed E-state index contributed by atoms with van der Waals surface area (Å²) in [6, 6.07) is 8.95. The fourth-order valence-electron chi connectivity index (χ4n) is 2.36. The third-order valence-electron chi connectivity index (χ3n) is 3.52. The number of carbonyl (C=O) groups excluding carboxylic acids is 2. The molecule has 0 aromatic heterocycles. The minimum absolute atomic E-state index is 0.112. The zero-order valence-electron chi connectivity index (χ0n) is 13.7. The summed E-state index contributed by atoms with van der Waals surface area (Å²) in [6.45, 7) is 1.30. The summed E-state index contributed by atoms with van der Waals surface area (Å²) < 4.78 is 14.9. The van der Waals surface area contributed by atoms with Gasteiger partial charge in [0.2, 0.25) is 11.8 Å². The Morgan fingerprint density at radius 3 is 2.54 bits per heavy atom. The van der Waals surface area contributed by atoms with E-state index in [9.17, 15) is 14.0 Å². The highest BCUT2D eigenvalue weighted by atomic mass is 79.9. The highest BCUT2D eigenvalue weighted by molar-refractivity contribution is 9.10. The van der Waals surface area contributed by atoms with Crippen LogP contribution in [0.4, 0.5) is 4.39 Å². The van der Waals surface area contributed by atoms with Gasteiger partial charge in [0.15, 0.2) is 0 Å². The molecule has 2 unspecified atom stereocenters. The van der Waals surface area contributed by atoms with Crippen molar-refractivity contribution in [1.29, 1.82) is 0 Å². The van der Waals surface area contributed by atoms with Crippen molar-refractivity contribution in [3.05, 3.63) is 68.9 Å². The van der Waals surface area contributed by atoms with Crippen molar-refractivity contribution >= 4 is 39.3 Å². The van der Waals surface area contributed by atoms with E-state index < -0.39 is 23.8 Å². The lowest BCUT2D eigenvalue weighted by Gasteiger charge is -2.21. The molecule has 2 aromatic rings. The maximum Gasteiger partial charge on any atom is 0.248 e. The lowest BCUT2D eigenvalue weighted by Crippen LogP contribution is -2.41. The largest absolute Gasteiger partial charge is 0.341 e. The summed E-state index contributed by atoms with van der Waals surface area (Å²) in [5.74, 6) is 0.769. The quantitative estimate of drug-likeness (QED) is 0.697. The van der Waals surface area contributed by atoms with Crippen molar-refractivity contribution in [3.8, 4) is 12.3 Å². The predicted octanol–water partition coefficient (Wildman–Crippen LogP) is 3.91. The molecule has 2 rings (SSSR count). The van der Waals surface area contributed by atoms with E-state index in [1.165, 1.54) is 19.1 Å². The summed E-state index contributed by atoms with van der Waals surface area (Å²) in [5.41, 5.74) is 0.667. The van der Waals surface area contributed by atoms with Gasteiger partial charge in [-0.1, -0.05) is 51.7 Å². The van der Waals surface area contributed by atoms with Crippen molar-refractivity contribution in [1.82, 2.24) is 10.6 Å². The Labute approximate surface area is 164 Å². The first-order valence-electron chi connectivity index (χ1n) is 7.56. The average Bonchev–Trinajstić information content (AvgIpc) is 2.57. The maximum absolute atomic E-state index is 14.1. The topological polar surface area (TPSA) is 58.2 Å². The first-order valence-corrected chi connectivity index (χ1v) is 8.73. The molecule has 0 saturated carbocycles. The van der Waals surface area contributed by atoms with E-state index >= 15 is 0 Å². The van der Waals surface area contributed by atoms with E-state index in [0.29, 0.717) is 5.56 Å². The van der Waals surface area contributed by atoms with Gasteiger partial charge in [-0.2, -0.15) is 0 Å². The molecule has 0 aliphatic carbocycles. The van der Waals surface area contributed by atoms with Gasteiger partial charge in [0.1, 0.15) is 17.9 Å². The van der Waals surface area contributed by atoms with Crippen molar-refractivity contribution < 1.29 is 14.0 Å². The van der Waals surface area contributed by atoms with Gasteiger partial charge in [-0.05, 0) is 29.8 Å². The Morgan fingerprint density at radius 1 is 1.23 bits per heavy atom. The lowest BCUT2D eigenvalue weighted by atomic mass is 10.0. The summed E-state index contributed by atoms with van der Waals surface area (Å²) >= 11 is 9.07. The Morgan fingerprint density at radius 2 is 1.96 bits per heavy atom. The average molecular weight is 438 g/mol. The molecule has 0 heterocycles. The van der Waals surface area contributed by atoms with Crippen molar-refractivity contribution in [2.45, 2.75) is 19.0 Å². The first kappa shape index (κ1) is 20.0. The molecule has 26 heavy (non-hydrogen) atoms. The van der Waals surface area contributed by atoms with Crippen molar-refractivity contribution in [3.63, 3.8) is 0 Å². The van der Waals surface area contributed by atoms with Crippen LogP contribution in [0.3, 0.4) is 0 Å². The second-order valence-corrected chi connectivity index (χ2v) is 6.81. The molecule has 0 aliphatic rings. The molecular weight excluding hydrogens is 423 g/mol. The number of halogens is 3. The number of terminal acetylenes is 1. The van der Waals surface area contributed by atoms with Crippen LogP contribution in [-0.4, -0.2) is 11.8 Å². The maximum atomic E-state index is 14.1. The zero-order chi connectivity index (χ0) is 19.3. The Kier molecular flexibility index (Phi) is 6.78. The highest BCUT2D eigenvalue weighted by Crippen LogP contribution is 2.23. The van der Waals surface area contributed by atoms with E-state index in [2.05, 4.69) is 32.5 Å². The third kappa shape index (κ3) is 5.07. The molecule has 0 aliphatic heterocycles. The van der Waals surface area contributed by atoms with Gasteiger partial charge in [-0.3, -0.25) is 9.59 Å². The van der Waals surface area contributed by atoms with Crippen LogP contribution in [0.1, 0.15) is 30.1 Å². The molecule has 7 heteroatoms. The van der Waals surface area contributed by atoms with E-state index in [-0.39, 0.29) is 16.5 Å². The number of hydrogen-bond acceptors (Lipinski definition) is 2. The molecule has 2 atom stereocenters. The Balaban J connectivity index is 2.30.